The molecule has 18 heavy (non-hydrogen) atoms. The maximum Gasteiger partial charge on any atom is 0.236 e. The Morgan fingerprint density at radius 1 is 1.22 bits per heavy atom. The van der Waals surface area contributed by atoms with Crippen molar-refractivity contribution < 1.29 is 9.59 Å². The Kier molecular flexibility index (Phi) is 7.09. The highest BCUT2D eigenvalue weighted by molar-refractivity contribution is 5.87. The zero-order chi connectivity index (χ0) is 14.3. The van der Waals surface area contributed by atoms with Crippen molar-refractivity contribution >= 4 is 11.7 Å². The molecule has 5 heteroatoms. The van der Waals surface area contributed by atoms with Crippen LogP contribution in [0.3, 0.4) is 0 Å². The van der Waals surface area contributed by atoms with Crippen molar-refractivity contribution in [2.45, 2.75) is 33.7 Å². The van der Waals surface area contributed by atoms with Gasteiger partial charge in [0.25, 0.3) is 0 Å². The summed E-state index contributed by atoms with van der Waals surface area (Å²) in [5, 5.41) is 5.77. The van der Waals surface area contributed by atoms with Gasteiger partial charge in [-0.3, -0.25) is 14.9 Å². The molecule has 0 aromatic heterocycles. The molecule has 1 amide bonds. The van der Waals surface area contributed by atoms with Gasteiger partial charge >= 0.3 is 0 Å². The van der Waals surface area contributed by atoms with E-state index >= 15 is 0 Å². The molecule has 0 aromatic rings. The molecule has 5 nitrogen and oxygen atoms in total. The van der Waals surface area contributed by atoms with Gasteiger partial charge in [-0.1, -0.05) is 20.8 Å². The zero-order valence-electron chi connectivity index (χ0n) is 12.5. The van der Waals surface area contributed by atoms with Crippen LogP contribution in [0.4, 0.5) is 0 Å². The van der Waals surface area contributed by atoms with E-state index in [0.29, 0.717) is 6.54 Å². The highest BCUT2D eigenvalue weighted by atomic mass is 16.2. The van der Waals surface area contributed by atoms with Crippen molar-refractivity contribution in [3.63, 3.8) is 0 Å². The van der Waals surface area contributed by atoms with Crippen molar-refractivity contribution in [1.82, 2.24) is 15.5 Å². The minimum Gasteiger partial charge on any atom is -0.353 e. The summed E-state index contributed by atoms with van der Waals surface area (Å²) < 4.78 is 0. The van der Waals surface area contributed by atoms with E-state index in [1.165, 1.54) is 0 Å². The first-order valence-corrected chi connectivity index (χ1v) is 6.33. The topological polar surface area (TPSA) is 61.4 Å². The van der Waals surface area contributed by atoms with Crippen LogP contribution >= 0.6 is 0 Å². The molecule has 0 aliphatic rings. The molecule has 0 aliphatic carbocycles. The lowest BCUT2D eigenvalue weighted by Crippen LogP contribution is -2.46. The minimum absolute atomic E-state index is 0.0708. The van der Waals surface area contributed by atoms with Crippen molar-refractivity contribution in [2.75, 3.05) is 33.7 Å². The van der Waals surface area contributed by atoms with Gasteiger partial charge in [-0.15, -0.1) is 0 Å². The van der Waals surface area contributed by atoms with E-state index in [2.05, 4.69) is 10.6 Å². The molecule has 106 valence electrons. The smallest absolute Gasteiger partial charge is 0.236 e. The lowest BCUT2D eigenvalue weighted by molar-refractivity contribution is -0.126. The maximum atomic E-state index is 11.7. The predicted molar refractivity (Wildman–Crippen MR) is 73.5 cm³/mol. The van der Waals surface area contributed by atoms with E-state index < -0.39 is 0 Å². The van der Waals surface area contributed by atoms with Crippen LogP contribution in [0.15, 0.2) is 0 Å². The largest absolute Gasteiger partial charge is 0.353 e. The van der Waals surface area contributed by atoms with Crippen LogP contribution in [-0.2, 0) is 9.59 Å². The first kappa shape index (κ1) is 17.1. The number of nitrogens with one attached hydrogen (secondary N) is 2. The Bertz CT molecular complexity index is 282. The molecule has 0 saturated carbocycles. The number of likely N-dealkylation sites (N-methyl/N-ethyl adjacent to an activating group) is 1. The van der Waals surface area contributed by atoms with Crippen LogP contribution in [0.25, 0.3) is 0 Å². The average molecular weight is 257 g/mol. The molecule has 1 atom stereocenters. The number of carbonyl (C=O) groups excluding carboxylic acids is 2. The lowest BCUT2D eigenvalue weighted by atomic mass is 9.91. The fraction of sp³-hybridized carbons (Fsp3) is 0.846. The van der Waals surface area contributed by atoms with Crippen LogP contribution in [0.1, 0.15) is 27.7 Å². The molecule has 0 bridgehead atoms. The zero-order valence-corrected chi connectivity index (χ0v) is 12.5. The molecule has 0 radical (unpaired) electrons. The second-order valence-electron chi connectivity index (χ2n) is 5.87. The number of ketones is 1. The third-order valence-electron chi connectivity index (χ3n) is 2.66. The van der Waals surface area contributed by atoms with Crippen LogP contribution < -0.4 is 10.6 Å². The van der Waals surface area contributed by atoms with Crippen molar-refractivity contribution in [2.24, 2.45) is 5.41 Å². The van der Waals surface area contributed by atoms with E-state index in [9.17, 15) is 9.59 Å². The Hall–Kier alpha value is -0.940. The van der Waals surface area contributed by atoms with E-state index in [1.807, 2.05) is 39.8 Å². The normalized spacial score (nSPS) is 13.5. The van der Waals surface area contributed by atoms with E-state index in [1.54, 1.807) is 6.92 Å². The van der Waals surface area contributed by atoms with Crippen molar-refractivity contribution in [3.05, 3.63) is 0 Å². The standard InChI is InChI=1S/C13H27N3O2/c1-10(12(18)14-7-8-16(5)6)15-9-11(17)13(2,3)4/h10,15H,7-9H2,1-6H3,(H,14,18)/t10-/m1/s1. The quantitative estimate of drug-likeness (QED) is 0.687. The van der Waals surface area contributed by atoms with Crippen LogP contribution in [0.5, 0.6) is 0 Å². The Labute approximate surface area is 110 Å². The molecular formula is C13H27N3O2. The van der Waals surface area contributed by atoms with Gasteiger partial charge in [0.1, 0.15) is 0 Å². The summed E-state index contributed by atoms with van der Waals surface area (Å²) >= 11 is 0. The molecule has 2 N–H and O–H groups in total. The summed E-state index contributed by atoms with van der Waals surface area (Å²) in [4.78, 5) is 25.4. The highest BCUT2D eigenvalue weighted by Crippen LogP contribution is 2.13. The second kappa shape index (κ2) is 7.48. The summed E-state index contributed by atoms with van der Waals surface area (Å²) in [5.41, 5.74) is -0.367. The molecular weight excluding hydrogens is 230 g/mol. The van der Waals surface area contributed by atoms with Gasteiger partial charge in [-0.25, -0.2) is 0 Å². The summed E-state index contributed by atoms with van der Waals surface area (Å²) in [6.45, 7) is 9.04. The fourth-order valence-corrected chi connectivity index (χ4v) is 1.16. The van der Waals surface area contributed by atoms with Gasteiger partial charge in [0.2, 0.25) is 5.91 Å². The maximum absolute atomic E-state index is 11.7. The Morgan fingerprint density at radius 3 is 2.22 bits per heavy atom. The number of rotatable bonds is 7. The van der Waals surface area contributed by atoms with Crippen LogP contribution in [0, 0.1) is 5.41 Å². The van der Waals surface area contributed by atoms with Crippen LogP contribution in [-0.4, -0.2) is 56.4 Å². The van der Waals surface area contributed by atoms with Crippen molar-refractivity contribution in [3.8, 4) is 0 Å². The molecule has 0 saturated heterocycles. The highest BCUT2D eigenvalue weighted by Gasteiger charge is 2.22. The number of hydrogen-bond acceptors (Lipinski definition) is 4. The van der Waals surface area contributed by atoms with Gasteiger partial charge in [-0.2, -0.15) is 0 Å². The third-order valence-corrected chi connectivity index (χ3v) is 2.66. The number of amides is 1. The van der Waals surface area contributed by atoms with E-state index in [-0.39, 0.29) is 29.7 Å². The molecule has 0 heterocycles. The van der Waals surface area contributed by atoms with Gasteiger partial charge < -0.3 is 10.2 Å². The van der Waals surface area contributed by atoms with Crippen LogP contribution in [0.2, 0.25) is 0 Å². The van der Waals surface area contributed by atoms with Gasteiger partial charge in [0.15, 0.2) is 5.78 Å². The summed E-state index contributed by atoms with van der Waals surface area (Å²) in [7, 11) is 3.91. The Balaban J connectivity index is 3.92. The molecule has 0 aliphatic heterocycles. The summed E-state index contributed by atoms with van der Waals surface area (Å²) in [6.07, 6.45) is 0. The minimum atomic E-state index is -0.367. The lowest BCUT2D eigenvalue weighted by Gasteiger charge is -2.19. The second-order valence-corrected chi connectivity index (χ2v) is 5.87. The predicted octanol–water partition coefficient (Wildman–Crippen LogP) is 0.258. The first-order chi connectivity index (χ1) is 8.14. The monoisotopic (exact) mass is 257 g/mol. The van der Waals surface area contributed by atoms with Crippen molar-refractivity contribution in [1.29, 1.82) is 0 Å². The molecule has 0 fully saturated rings. The fourth-order valence-electron chi connectivity index (χ4n) is 1.16. The number of nitrogens with zero attached hydrogens (tertiary/aromatic N) is 1. The summed E-state index contributed by atoms with van der Waals surface area (Å²) in [5.74, 6) is 0.0361. The number of Topliss-reactive ketones (excluding diaryl/α,β-unsaturated/α-hetero) is 1. The van der Waals surface area contributed by atoms with Gasteiger partial charge in [0, 0.05) is 18.5 Å². The molecule has 0 aromatic carbocycles. The SMILES string of the molecule is C[C@@H](NCC(=O)C(C)(C)C)C(=O)NCCN(C)C. The third kappa shape index (κ3) is 7.40. The molecule has 0 unspecified atom stereocenters. The first-order valence-electron chi connectivity index (χ1n) is 6.33. The molecule has 0 spiro atoms. The average Bonchev–Trinajstić information content (AvgIpc) is 2.23. The summed E-state index contributed by atoms with van der Waals surface area (Å²) in [6, 6.07) is -0.349. The number of hydrogen-bond donors (Lipinski definition) is 2. The Morgan fingerprint density at radius 2 is 1.78 bits per heavy atom. The van der Waals surface area contributed by atoms with E-state index in [0.717, 1.165) is 6.54 Å². The molecule has 0 rings (SSSR count). The van der Waals surface area contributed by atoms with Gasteiger partial charge in [-0.05, 0) is 21.0 Å². The van der Waals surface area contributed by atoms with Gasteiger partial charge in [0.05, 0.1) is 12.6 Å². The number of carbonyl (C=O) groups is 2. The van der Waals surface area contributed by atoms with E-state index in [4.69, 9.17) is 0 Å².